The lowest BCUT2D eigenvalue weighted by molar-refractivity contribution is -0.271. The van der Waals surface area contributed by atoms with Gasteiger partial charge in [0, 0.05) is 31.6 Å². The van der Waals surface area contributed by atoms with E-state index in [1.54, 1.807) is 12.1 Å². The number of likely N-dealkylation sites (tertiary alicyclic amines) is 1. The second-order valence-electron chi connectivity index (χ2n) is 5.50. The topological polar surface area (TPSA) is 52.6 Å². The fourth-order valence-corrected chi connectivity index (χ4v) is 2.39. The molecule has 4 nitrogen and oxygen atoms in total. The lowest BCUT2D eigenvalue weighted by atomic mass is 9.91. The van der Waals surface area contributed by atoms with Crippen LogP contribution >= 0.6 is 0 Å². The number of urea groups is 1. The van der Waals surface area contributed by atoms with E-state index in [9.17, 15) is 23.1 Å². The summed E-state index contributed by atoms with van der Waals surface area (Å²) in [5.41, 5.74) is -0.961. The summed E-state index contributed by atoms with van der Waals surface area (Å²) in [7, 11) is 0. The molecule has 1 fully saturated rings. The van der Waals surface area contributed by atoms with Crippen molar-refractivity contribution >= 4 is 11.7 Å². The van der Waals surface area contributed by atoms with E-state index in [2.05, 4.69) is 5.32 Å². The maximum absolute atomic E-state index is 12.7. The Morgan fingerprint density at radius 3 is 2.27 bits per heavy atom. The van der Waals surface area contributed by atoms with Crippen LogP contribution in [0.1, 0.15) is 25.3 Å². The lowest BCUT2D eigenvalue weighted by Crippen LogP contribution is -2.55. The molecule has 0 aliphatic carbocycles. The minimum Gasteiger partial charge on any atom is -0.380 e. The molecule has 1 aromatic rings. The standard InChI is InChI=1S/C15H19F3N2O2/c1-2-11-3-5-12(6-4-11)19-13(21)20-9-7-14(22,8-10-20)15(16,17)18/h3-6,22H,2,7-10H2,1H3,(H,19,21). The molecule has 22 heavy (non-hydrogen) atoms. The predicted molar refractivity (Wildman–Crippen MR) is 76.7 cm³/mol. The van der Waals surface area contributed by atoms with E-state index in [0.717, 1.165) is 12.0 Å². The number of halogens is 3. The number of aryl methyl sites for hydroxylation is 1. The summed E-state index contributed by atoms with van der Waals surface area (Å²) < 4.78 is 38.1. The summed E-state index contributed by atoms with van der Waals surface area (Å²) in [6, 6.07) is 6.83. The Kier molecular flexibility index (Phi) is 4.65. The average molecular weight is 316 g/mol. The largest absolute Gasteiger partial charge is 0.417 e. The number of carbonyl (C=O) groups is 1. The van der Waals surface area contributed by atoms with Crippen LogP contribution < -0.4 is 5.32 Å². The third-order valence-electron chi connectivity index (χ3n) is 4.02. The van der Waals surface area contributed by atoms with Gasteiger partial charge in [-0.15, -0.1) is 0 Å². The van der Waals surface area contributed by atoms with Gasteiger partial charge in [-0.1, -0.05) is 19.1 Å². The van der Waals surface area contributed by atoms with Gasteiger partial charge in [0.2, 0.25) is 0 Å². The van der Waals surface area contributed by atoms with Crippen molar-refractivity contribution in [2.75, 3.05) is 18.4 Å². The normalized spacial score (nSPS) is 18.1. The highest BCUT2D eigenvalue weighted by Gasteiger charge is 2.54. The van der Waals surface area contributed by atoms with Crippen molar-refractivity contribution < 1.29 is 23.1 Å². The highest BCUT2D eigenvalue weighted by molar-refractivity contribution is 5.89. The number of aliphatic hydroxyl groups is 1. The SMILES string of the molecule is CCc1ccc(NC(=O)N2CCC(O)(C(F)(F)F)CC2)cc1. The summed E-state index contributed by atoms with van der Waals surface area (Å²) in [6.45, 7) is 1.76. The maximum Gasteiger partial charge on any atom is 0.417 e. The number of hydrogen-bond donors (Lipinski definition) is 2. The Hall–Kier alpha value is -1.76. The van der Waals surface area contributed by atoms with Gasteiger partial charge < -0.3 is 15.3 Å². The number of rotatable bonds is 2. The van der Waals surface area contributed by atoms with Gasteiger partial charge in [0.15, 0.2) is 5.60 Å². The van der Waals surface area contributed by atoms with Gasteiger partial charge in [0.1, 0.15) is 0 Å². The molecule has 1 aliphatic rings. The summed E-state index contributed by atoms with van der Waals surface area (Å²) in [5.74, 6) is 0. The predicted octanol–water partition coefficient (Wildman–Crippen LogP) is 3.17. The van der Waals surface area contributed by atoms with Crippen LogP contribution in [0.3, 0.4) is 0 Å². The Labute approximate surface area is 126 Å². The fraction of sp³-hybridized carbons (Fsp3) is 0.533. The molecule has 7 heteroatoms. The summed E-state index contributed by atoms with van der Waals surface area (Å²) in [4.78, 5) is 13.3. The first-order valence-corrected chi connectivity index (χ1v) is 7.19. The molecule has 0 radical (unpaired) electrons. The van der Waals surface area contributed by atoms with Gasteiger partial charge in [-0.05, 0) is 24.1 Å². The molecule has 2 N–H and O–H groups in total. The van der Waals surface area contributed by atoms with E-state index in [1.165, 1.54) is 4.90 Å². The maximum atomic E-state index is 12.7. The van der Waals surface area contributed by atoms with Crippen molar-refractivity contribution in [1.82, 2.24) is 4.90 Å². The second kappa shape index (κ2) is 6.16. The molecule has 0 bridgehead atoms. The van der Waals surface area contributed by atoms with Gasteiger partial charge in [-0.25, -0.2) is 4.79 Å². The Bertz CT molecular complexity index is 521. The number of nitrogens with zero attached hydrogens (tertiary/aromatic N) is 1. The van der Waals surface area contributed by atoms with Crippen molar-refractivity contribution in [2.24, 2.45) is 0 Å². The van der Waals surface area contributed by atoms with Gasteiger partial charge in [-0.3, -0.25) is 0 Å². The van der Waals surface area contributed by atoms with Crippen molar-refractivity contribution in [2.45, 2.75) is 38.0 Å². The van der Waals surface area contributed by atoms with Crippen molar-refractivity contribution in [3.05, 3.63) is 29.8 Å². The highest BCUT2D eigenvalue weighted by atomic mass is 19.4. The Morgan fingerprint density at radius 1 is 1.27 bits per heavy atom. The number of anilines is 1. The zero-order valence-electron chi connectivity index (χ0n) is 12.3. The van der Waals surface area contributed by atoms with Crippen LogP contribution in [-0.4, -0.2) is 40.9 Å². The first-order chi connectivity index (χ1) is 10.2. The molecule has 1 aromatic carbocycles. The number of piperidine rings is 1. The Balaban J connectivity index is 1.92. The van der Waals surface area contributed by atoms with E-state index in [1.807, 2.05) is 19.1 Å². The first kappa shape index (κ1) is 16.6. The third-order valence-corrected chi connectivity index (χ3v) is 4.02. The van der Waals surface area contributed by atoms with Crippen LogP contribution in [-0.2, 0) is 6.42 Å². The first-order valence-electron chi connectivity index (χ1n) is 7.19. The number of nitrogens with one attached hydrogen (secondary N) is 1. The minimum absolute atomic E-state index is 0.130. The molecule has 1 aliphatic heterocycles. The zero-order valence-corrected chi connectivity index (χ0v) is 12.3. The quantitative estimate of drug-likeness (QED) is 0.880. The summed E-state index contributed by atoms with van der Waals surface area (Å²) in [5, 5.41) is 12.2. The van der Waals surface area contributed by atoms with Crippen molar-refractivity contribution in [3.63, 3.8) is 0 Å². The fourth-order valence-electron chi connectivity index (χ4n) is 2.39. The minimum atomic E-state index is -4.66. The molecular formula is C15H19F3N2O2. The molecule has 0 aromatic heterocycles. The monoisotopic (exact) mass is 316 g/mol. The summed E-state index contributed by atoms with van der Waals surface area (Å²) >= 11 is 0. The molecule has 2 amide bonds. The molecule has 1 saturated heterocycles. The van der Waals surface area contributed by atoms with Crippen LogP contribution in [0.4, 0.5) is 23.7 Å². The molecule has 2 rings (SSSR count). The number of carbonyl (C=O) groups excluding carboxylic acids is 1. The van der Waals surface area contributed by atoms with Crippen LogP contribution in [0, 0.1) is 0 Å². The van der Waals surface area contributed by atoms with Crippen LogP contribution in [0.15, 0.2) is 24.3 Å². The van der Waals surface area contributed by atoms with E-state index in [0.29, 0.717) is 5.69 Å². The van der Waals surface area contributed by atoms with Crippen LogP contribution in [0.5, 0.6) is 0 Å². The smallest absolute Gasteiger partial charge is 0.380 e. The molecule has 0 spiro atoms. The number of benzene rings is 1. The van der Waals surface area contributed by atoms with E-state index in [4.69, 9.17) is 0 Å². The van der Waals surface area contributed by atoms with Crippen LogP contribution in [0.25, 0.3) is 0 Å². The molecular weight excluding hydrogens is 297 g/mol. The van der Waals surface area contributed by atoms with Gasteiger partial charge in [-0.2, -0.15) is 13.2 Å². The van der Waals surface area contributed by atoms with Gasteiger partial charge >= 0.3 is 12.2 Å². The Morgan fingerprint density at radius 2 is 1.82 bits per heavy atom. The van der Waals surface area contributed by atoms with E-state index in [-0.39, 0.29) is 13.1 Å². The van der Waals surface area contributed by atoms with Gasteiger partial charge in [0.25, 0.3) is 0 Å². The molecule has 0 atom stereocenters. The van der Waals surface area contributed by atoms with Crippen molar-refractivity contribution in [3.8, 4) is 0 Å². The number of hydrogen-bond acceptors (Lipinski definition) is 2. The summed E-state index contributed by atoms with van der Waals surface area (Å²) in [6.07, 6.45) is -4.78. The number of amides is 2. The average Bonchev–Trinajstić information content (AvgIpc) is 2.47. The van der Waals surface area contributed by atoms with Gasteiger partial charge in [0.05, 0.1) is 0 Å². The second-order valence-corrected chi connectivity index (χ2v) is 5.50. The molecule has 122 valence electrons. The highest BCUT2D eigenvalue weighted by Crippen LogP contribution is 2.38. The molecule has 0 saturated carbocycles. The molecule has 1 heterocycles. The van der Waals surface area contributed by atoms with Crippen LogP contribution in [0.2, 0.25) is 0 Å². The third kappa shape index (κ3) is 3.52. The van der Waals surface area contributed by atoms with E-state index < -0.39 is 30.7 Å². The van der Waals surface area contributed by atoms with E-state index >= 15 is 0 Å². The molecule has 0 unspecified atom stereocenters. The zero-order chi connectivity index (χ0) is 16.4. The lowest BCUT2D eigenvalue weighted by Gasteiger charge is -2.38. The number of alkyl halides is 3. The van der Waals surface area contributed by atoms with Crippen molar-refractivity contribution in [1.29, 1.82) is 0 Å².